The van der Waals surface area contributed by atoms with Crippen molar-refractivity contribution < 1.29 is 9.15 Å². The summed E-state index contributed by atoms with van der Waals surface area (Å²) in [7, 11) is 0. The van der Waals surface area contributed by atoms with Crippen molar-refractivity contribution in [1.82, 2.24) is 10.2 Å². The Morgan fingerprint density at radius 1 is 1.33 bits per heavy atom. The second-order valence-electron chi connectivity index (χ2n) is 4.29. The monoisotopic (exact) mass is 247 g/mol. The summed E-state index contributed by atoms with van der Waals surface area (Å²) in [6.45, 7) is 4.00. The Labute approximate surface area is 106 Å². The van der Waals surface area contributed by atoms with Gasteiger partial charge >= 0.3 is 0 Å². The Bertz CT molecular complexity index is 508. The van der Waals surface area contributed by atoms with Crippen molar-refractivity contribution in [2.45, 2.75) is 32.9 Å². The van der Waals surface area contributed by atoms with Crippen molar-refractivity contribution in [1.29, 1.82) is 0 Å². The van der Waals surface area contributed by atoms with Gasteiger partial charge in [-0.05, 0) is 25.0 Å². The first-order valence-corrected chi connectivity index (χ1v) is 5.90. The van der Waals surface area contributed by atoms with Crippen LogP contribution < -0.4 is 10.5 Å². The van der Waals surface area contributed by atoms with E-state index in [4.69, 9.17) is 14.9 Å². The van der Waals surface area contributed by atoms with E-state index in [-0.39, 0.29) is 12.6 Å². The molecular weight excluding hydrogens is 230 g/mol. The predicted molar refractivity (Wildman–Crippen MR) is 67.2 cm³/mol. The highest BCUT2D eigenvalue weighted by Crippen LogP contribution is 2.20. The zero-order valence-corrected chi connectivity index (χ0v) is 10.6. The van der Waals surface area contributed by atoms with Crippen LogP contribution in [0.25, 0.3) is 0 Å². The molecular formula is C13H17N3O2. The Kier molecular flexibility index (Phi) is 3.94. The van der Waals surface area contributed by atoms with Gasteiger partial charge in [0.15, 0.2) is 6.61 Å². The van der Waals surface area contributed by atoms with Gasteiger partial charge < -0.3 is 14.9 Å². The average Bonchev–Trinajstić information content (AvgIpc) is 2.73. The van der Waals surface area contributed by atoms with Gasteiger partial charge in [0.25, 0.3) is 5.89 Å². The molecule has 96 valence electrons. The lowest BCUT2D eigenvalue weighted by Crippen LogP contribution is -2.18. The zero-order valence-electron chi connectivity index (χ0n) is 10.6. The Balaban J connectivity index is 2.04. The summed E-state index contributed by atoms with van der Waals surface area (Å²) in [5.41, 5.74) is 6.89. The van der Waals surface area contributed by atoms with E-state index in [0.29, 0.717) is 11.8 Å². The maximum atomic E-state index is 5.81. The molecule has 1 aromatic carbocycles. The number of aromatic nitrogens is 2. The first-order chi connectivity index (χ1) is 8.65. The van der Waals surface area contributed by atoms with Crippen molar-refractivity contribution in [3.8, 4) is 5.75 Å². The normalized spacial score (nSPS) is 12.4. The predicted octanol–water partition coefficient (Wildman–Crippen LogP) is 1.85. The fourth-order valence-corrected chi connectivity index (χ4v) is 1.70. The van der Waals surface area contributed by atoms with E-state index >= 15 is 0 Å². The Morgan fingerprint density at radius 2 is 2.11 bits per heavy atom. The van der Waals surface area contributed by atoms with Gasteiger partial charge in [-0.25, -0.2) is 0 Å². The molecule has 0 aliphatic heterocycles. The molecule has 0 amide bonds. The molecule has 0 saturated carbocycles. The van der Waals surface area contributed by atoms with Crippen molar-refractivity contribution >= 4 is 0 Å². The van der Waals surface area contributed by atoms with Crippen LogP contribution in [0.5, 0.6) is 5.75 Å². The summed E-state index contributed by atoms with van der Waals surface area (Å²) in [4.78, 5) is 0. The number of hydrogen-bond acceptors (Lipinski definition) is 5. The Hall–Kier alpha value is -1.88. The molecule has 0 radical (unpaired) electrons. The van der Waals surface area contributed by atoms with Crippen molar-refractivity contribution in [2.24, 2.45) is 5.73 Å². The van der Waals surface area contributed by atoms with Crippen molar-refractivity contribution in [2.75, 3.05) is 0 Å². The molecule has 1 aromatic heterocycles. The molecule has 1 atom stereocenters. The third-order valence-electron chi connectivity index (χ3n) is 2.43. The number of nitrogens with two attached hydrogens (primary N) is 1. The van der Waals surface area contributed by atoms with Crippen LogP contribution in [0.3, 0.4) is 0 Å². The van der Waals surface area contributed by atoms with Crippen LogP contribution >= 0.6 is 0 Å². The molecule has 5 nitrogen and oxygen atoms in total. The number of nitrogens with zero attached hydrogens (tertiary/aromatic N) is 2. The first-order valence-electron chi connectivity index (χ1n) is 5.90. The second kappa shape index (κ2) is 5.64. The number of para-hydroxylation sites is 1. The smallest absolute Gasteiger partial charge is 0.253 e. The molecule has 1 heterocycles. The SMILES string of the molecule is Cc1nnc(COc2ccccc2CC(C)N)o1. The van der Waals surface area contributed by atoms with E-state index in [1.165, 1.54) is 0 Å². The van der Waals surface area contributed by atoms with Crippen LogP contribution in [0.1, 0.15) is 24.3 Å². The fourth-order valence-electron chi connectivity index (χ4n) is 1.70. The molecule has 0 spiro atoms. The molecule has 2 N–H and O–H groups in total. The molecule has 0 fully saturated rings. The third kappa shape index (κ3) is 3.30. The summed E-state index contributed by atoms with van der Waals surface area (Å²) < 4.78 is 10.9. The number of hydrogen-bond donors (Lipinski definition) is 1. The molecule has 18 heavy (non-hydrogen) atoms. The minimum Gasteiger partial charge on any atom is -0.484 e. The maximum Gasteiger partial charge on any atom is 0.253 e. The van der Waals surface area contributed by atoms with Gasteiger partial charge in [-0.2, -0.15) is 0 Å². The highest BCUT2D eigenvalue weighted by molar-refractivity contribution is 5.33. The maximum absolute atomic E-state index is 5.81. The highest BCUT2D eigenvalue weighted by Gasteiger charge is 2.08. The quantitative estimate of drug-likeness (QED) is 0.872. The number of benzene rings is 1. The van der Waals surface area contributed by atoms with E-state index in [9.17, 15) is 0 Å². The molecule has 0 bridgehead atoms. The van der Waals surface area contributed by atoms with Crippen LogP contribution in [-0.4, -0.2) is 16.2 Å². The van der Waals surface area contributed by atoms with Crippen LogP contribution in [0.4, 0.5) is 0 Å². The van der Waals surface area contributed by atoms with Gasteiger partial charge in [0.2, 0.25) is 5.89 Å². The van der Waals surface area contributed by atoms with Gasteiger partial charge in [0.05, 0.1) is 0 Å². The minimum atomic E-state index is 0.0976. The fraction of sp³-hybridized carbons (Fsp3) is 0.385. The molecule has 1 unspecified atom stereocenters. The van der Waals surface area contributed by atoms with Crippen LogP contribution in [0.15, 0.2) is 28.7 Å². The summed E-state index contributed by atoms with van der Waals surface area (Å²) >= 11 is 0. The van der Waals surface area contributed by atoms with E-state index < -0.39 is 0 Å². The molecule has 0 saturated heterocycles. The summed E-state index contributed by atoms with van der Waals surface area (Å²) in [6, 6.07) is 7.93. The Morgan fingerprint density at radius 3 is 2.78 bits per heavy atom. The summed E-state index contributed by atoms with van der Waals surface area (Å²) in [5, 5.41) is 7.64. The lowest BCUT2D eigenvalue weighted by Gasteiger charge is -2.11. The van der Waals surface area contributed by atoms with Crippen molar-refractivity contribution in [3.63, 3.8) is 0 Å². The largest absolute Gasteiger partial charge is 0.484 e. The molecule has 5 heteroatoms. The van der Waals surface area contributed by atoms with E-state index in [1.807, 2.05) is 31.2 Å². The van der Waals surface area contributed by atoms with Crippen LogP contribution in [0, 0.1) is 6.92 Å². The second-order valence-corrected chi connectivity index (χ2v) is 4.29. The average molecular weight is 247 g/mol. The summed E-state index contributed by atoms with van der Waals surface area (Å²) in [6.07, 6.45) is 0.777. The standard InChI is InChI=1S/C13H17N3O2/c1-9(14)7-11-5-3-4-6-12(11)17-8-13-16-15-10(2)18-13/h3-6,9H,7-8,14H2,1-2H3. The summed E-state index contributed by atoms with van der Waals surface area (Å²) in [5.74, 6) is 1.83. The van der Waals surface area contributed by atoms with E-state index in [0.717, 1.165) is 17.7 Å². The van der Waals surface area contributed by atoms with Gasteiger partial charge in [0, 0.05) is 13.0 Å². The van der Waals surface area contributed by atoms with Gasteiger partial charge in [0.1, 0.15) is 5.75 Å². The molecule has 2 aromatic rings. The van der Waals surface area contributed by atoms with Crippen molar-refractivity contribution in [3.05, 3.63) is 41.6 Å². The van der Waals surface area contributed by atoms with Gasteiger partial charge in [-0.3, -0.25) is 0 Å². The first kappa shape index (κ1) is 12.6. The zero-order chi connectivity index (χ0) is 13.0. The van der Waals surface area contributed by atoms with E-state index in [1.54, 1.807) is 6.92 Å². The number of ether oxygens (including phenoxy) is 1. The van der Waals surface area contributed by atoms with Gasteiger partial charge in [-0.15, -0.1) is 10.2 Å². The molecule has 2 rings (SSSR count). The lowest BCUT2D eigenvalue weighted by molar-refractivity contribution is 0.258. The lowest BCUT2D eigenvalue weighted by atomic mass is 10.1. The molecule has 0 aliphatic carbocycles. The van der Waals surface area contributed by atoms with Gasteiger partial charge in [-0.1, -0.05) is 18.2 Å². The van der Waals surface area contributed by atoms with Crippen LogP contribution in [0.2, 0.25) is 0 Å². The third-order valence-corrected chi connectivity index (χ3v) is 2.43. The topological polar surface area (TPSA) is 74.2 Å². The van der Waals surface area contributed by atoms with Crippen LogP contribution in [-0.2, 0) is 13.0 Å². The van der Waals surface area contributed by atoms with E-state index in [2.05, 4.69) is 10.2 Å². The minimum absolute atomic E-state index is 0.0976. The highest BCUT2D eigenvalue weighted by atomic mass is 16.5. The molecule has 0 aliphatic rings. The number of aryl methyl sites for hydroxylation is 1. The number of rotatable bonds is 5.